The fraction of sp³-hybridized carbons (Fsp3) is 0.941. The fourth-order valence-corrected chi connectivity index (χ4v) is 33.4. The van der Waals surface area contributed by atoms with Gasteiger partial charge in [0.25, 0.3) is 0 Å². The van der Waals surface area contributed by atoms with Crippen LogP contribution in [0.15, 0.2) is 0 Å². The summed E-state index contributed by atoms with van der Waals surface area (Å²) in [7, 11) is 0. The summed E-state index contributed by atoms with van der Waals surface area (Å²) in [5.74, 6) is -0.166. The number of rotatable bonds is 22. The molecule has 4 nitrogen and oxygen atoms in total. The molecule has 0 aromatic carbocycles. The second-order valence-electron chi connectivity index (χ2n) is 13.9. The van der Waals surface area contributed by atoms with Gasteiger partial charge in [-0.2, -0.15) is 0 Å². The van der Waals surface area contributed by atoms with Crippen LogP contribution in [0.4, 0.5) is 0 Å². The van der Waals surface area contributed by atoms with Gasteiger partial charge in [-0.3, -0.25) is 0 Å². The molecular formula is C34H68O4Sn2. The second-order valence-corrected chi connectivity index (χ2v) is 37.2. The molecule has 1 fully saturated rings. The molecule has 1 aliphatic rings. The summed E-state index contributed by atoms with van der Waals surface area (Å²) in [6.45, 7) is 19.9. The Hall–Kier alpha value is 0.537. The molecule has 0 aromatic heterocycles. The third-order valence-electron chi connectivity index (χ3n) is 10.5. The topological polar surface area (TPSA) is 52.6 Å². The van der Waals surface area contributed by atoms with E-state index in [0.717, 1.165) is 78.0 Å². The predicted octanol–water partition coefficient (Wildman–Crippen LogP) is 11.2. The maximum absolute atomic E-state index is 14.3. The van der Waals surface area contributed by atoms with Crippen LogP contribution in [-0.4, -0.2) is 49.5 Å². The fourth-order valence-electron chi connectivity index (χ4n) is 6.92. The normalized spacial score (nSPS) is 21.0. The van der Waals surface area contributed by atoms with Crippen LogP contribution in [0, 0.1) is 16.7 Å². The zero-order valence-electron chi connectivity index (χ0n) is 28.4. The van der Waals surface area contributed by atoms with Crippen LogP contribution in [-0.2, 0) is 15.7 Å². The van der Waals surface area contributed by atoms with Crippen molar-refractivity contribution < 1.29 is 15.7 Å². The molecule has 0 aromatic rings. The quantitative estimate of drug-likeness (QED) is 0.103. The van der Waals surface area contributed by atoms with E-state index in [9.17, 15) is 9.59 Å². The average Bonchev–Trinajstić information content (AvgIpc) is 3.19. The standard InChI is InChI=1S/C10H16O4.6C4H9.2Sn/c1-9(2)6(7(11)12)4-5-10(9,3)8(13)14;6*1-3-4-2;;/h6H,4-5H2,1-3H3,(H,11,12)(H,13,14);6*1,3-4H2,2H3;;/q;;;;;;;2*+1/p-2. The van der Waals surface area contributed by atoms with Gasteiger partial charge >= 0.3 is 261 Å². The number of unbranched alkanes of at least 4 members (excludes halogenated alkanes) is 6. The molecule has 40 heavy (non-hydrogen) atoms. The van der Waals surface area contributed by atoms with Gasteiger partial charge in [-0.05, 0) is 0 Å². The van der Waals surface area contributed by atoms with Crippen molar-refractivity contribution in [1.29, 1.82) is 0 Å². The van der Waals surface area contributed by atoms with Crippen molar-refractivity contribution in [2.45, 2.75) is 179 Å². The van der Waals surface area contributed by atoms with Gasteiger partial charge in [-0.15, -0.1) is 0 Å². The van der Waals surface area contributed by atoms with Crippen LogP contribution < -0.4 is 0 Å². The second kappa shape index (κ2) is 19.0. The van der Waals surface area contributed by atoms with E-state index >= 15 is 0 Å². The molecular weight excluding hydrogens is 710 g/mol. The van der Waals surface area contributed by atoms with E-state index in [0.29, 0.717) is 0 Å². The molecule has 1 saturated carbocycles. The first-order chi connectivity index (χ1) is 19.0. The third kappa shape index (κ3) is 10.6. The Morgan fingerprint density at radius 3 is 1.25 bits per heavy atom. The molecule has 0 saturated heterocycles. The molecule has 2 unspecified atom stereocenters. The van der Waals surface area contributed by atoms with E-state index in [2.05, 4.69) is 62.3 Å². The van der Waals surface area contributed by atoms with Gasteiger partial charge in [0.2, 0.25) is 0 Å². The van der Waals surface area contributed by atoms with Gasteiger partial charge in [0.05, 0.1) is 0 Å². The summed E-state index contributed by atoms with van der Waals surface area (Å²) in [4.78, 5) is 28.3. The van der Waals surface area contributed by atoms with E-state index < -0.39 is 48.4 Å². The first-order valence-corrected chi connectivity index (χ1v) is 31.9. The number of carbonyl (C=O) groups excluding carboxylic acids is 2. The van der Waals surface area contributed by atoms with Crippen molar-refractivity contribution in [3.05, 3.63) is 0 Å². The summed E-state index contributed by atoms with van der Waals surface area (Å²) in [5.41, 5.74) is -1.09. The summed E-state index contributed by atoms with van der Waals surface area (Å²) < 4.78 is 20.7. The minimum atomic E-state index is -3.12. The van der Waals surface area contributed by atoms with E-state index in [1.54, 1.807) is 0 Å². The molecule has 0 heterocycles. The van der Waals surface area contributed by atoms with E-state index in [4.69, 9.17) is 6.15 Å². The molecule has 236 valence electrons. The van der Waals surface area contributed by atoms with Crippen LogP contribution in [0.25, 0.3) is 0 Å². The molecule has 0 radical (unpaired) electrons. The first-order valence-electron chi connectivity index (χ1n) is 17.4. The summed E-state index contributed by atoms with van der Waals surface area (Å²) in [6, 6.07) is 0. The molecule has 6 heteroatoms. The van der Waals surface area contributed by atoms with Gasteiger partial charge in [0.15, 0.2) is 0 Å². The monoisotopic (exact) mass is 780 g/mol. The molecule has 1 aliphatic carbocycles. The molecule has 0 bridgehead atoms. The van der Waals surface area contributed by atoms with Crippen molar-refractivity contribution in [1.82, 2.24) is 0 Å². The molecule has 2 atom stereocenters. The van der Waals surface area contributed by atoms with Gasteiger partial charge in [-0.25, -0.2) is 0 Å². The Labute approximate surface area is 259 Å². The van der Waals surface area contributed by atoms with Gasteiger partial charge < -0.3 is 0 Å². The van der Waals surface area contributed by atoms with Crippen LogP contribution in [0.3, 0.4) is 0 Å². The summed E-state index contributed by atoms with van der Waals surface area (Å²) >= 11 is -6.20. The zero-order chi connectivity index (χ0) is 30.3. The number of carbonyl (C=O) groups is 2. The third-order valence-corrected chi connectivity index (χ3v) is 35.7. The molecule has 0 amide bonds. The Kier molecular flexibility index (Phi) is 18.4. The molecule has 0 aliphatic heterocycles. The molecule has 0 N–H and O–H groups in total. The first kappa shape index (κ1) is 38.6. The van der Waals surface area contributed by atoms with Gasteiger partial charge in [0, 0.05) is 0 Å². The SMILES string of the molecule is CCC[CH2][Sn]([CH2]CCC)([CH2]CCC)[O]C(=O)C1CCC(C)(C(=O)[O][Sn]([CH2]CCC)([CH2]CCC)[CH2]CCC)C1(C)C. The van der Waals surface area contributed by atoms with Gasteiger partial charge in [-0.1, -0.05) is 0 Å². The molecule has 1 rings (SSSR count). The Balaban J connectivity index is 3.25. The van der Waals surface area contributed by atoms with Crippen LogP contribution in [0.1, 0.15) is 152 Å². The zero-order valence-corrected chi connectivity index (χ0v) is 34.1. The van der Waals surface area contributed by atoms with E-state index in [-0.39, 0.29) is 17.9 Å². The Morgan fingerprint density at radius 1 is 0.600 bits per heavy atom. The Morgan fingerprint density at radius 2 is 0.925 bits per heavy atom. The van der Waals surface area contributed by atoms with Crippen molar-refractivity contribution >= 4 is 49.5 Å². The summed E-state index contributed by atoms with van der Waals surface area (Å²) in [6.07, 6.45) is 15.5. The van der Waals surface area contributed by atoms with Crippen LogP contribution in [0.5, 0.6) is 0 Å². The molecule has 0 spiro atoms. The van der Waals surface area contributed by atoms with Crippen LogP contribution >= 0.6 is 0 Å². The van der Waals surface area contributed by atoms with Crippen molar-refractivity contribution in [3.63, 3.8) is 0 Å². The number of hydrogen-bond donors (Lipinski definition) is 0. The predicted molar refractivity (Wildman–Crippen MR) is 177 cm³/mol. The van der Waals surface area contributed by atoms with Crippen molar-refractivity contribution in [3.8, 4) is 0 Å². The van der Waals surface area contributed by atoms with E-state index in [1.807, 2.05) is 0 Å². The summed E-state index contributed by atoms with van der Waals surface area (Å²) in [5, 5.41) is 0. The van der Waals surface area contributed by atoms with Crippen LogP contribution in [0.2, 0.25) is 26.6 Å². The average molecular weight is 778 g/mol. The Bertz CT molecular complexity index is 694. The maximum atomic E-state index is 14.3. The van der Waals surface area contributed by atoms with E-state index in [1.165, 1.54) is 38.5 Å². The van der Waals surface area contributed by atoms with Crippen molar-refractivity contribution in [2.24, 2.45) is 16.7 Å². The minimum absolute atomic E-state index is 0.0182. The van der Waals surface area contributed by atoms with Gasteiger partial charge in [0.1, 0.15) is 0 Å². The number of hydrogen-bond acceptors (Lipinski definition) is 4. The van der Waals surface area contributed by atoms with Crippen molar-refractivity contribution in [2.75, 3.05) is 0 Å².